The van der Waals surface area contributed by atoms with Crippen LogP contribution >= 0.6 is 34.9 Å². The molecule has 1 heterocycles. The summed E-state index contributed by atoms with van der Waals surface area (Å²) in [6.07, 6.45) is 3.21. The SMILES string of the molecule is CSc1nnc(SCCCNC(C)C)s1. The Morgan fingerprint density at radius 1 is 1.33 bits per heavy atom. The van der Waals surface area contributed by atoms with Gasteiger partial charge in [-0.25, -0.2) is 0 Å². The molecule has 6 heteroatoms. The van der Waals surface area contributed by atoms with E-state index >= 15 is 0 Å². The maximum atomic E-state index is 4.11. The average molecular weight is 263 g/mol. The van der Waals surface area contributed by atoms with Gasteiger partial charge in [0.25, 0.3) is 0 Å². The Bertz CT molecular complexity index is 275. The van der Waals surface area contributed by atoms with Gasteiger partial charge in [0, 0.05) is 11.8 Å². The maximum absolute atomic E-state index is 4.11. The van der Waals surface area contributed by atoms with Gasteiger partial charge < -0.3 is 5.32 Å². The molecule has 0 unspecified atom stereocenters. The number of nitrogens with one attached hydrogen (secondary N) is 1. The Morgan fingerprint density at radius 3 is 2.67 bits per heavy atom. The van der Waals surface area contributed by atoms with Crippen molar-refractivity contribution in [1.29, 1.82) is 0 Å². The third kappa shape index (κ3) is 5.75. The number of nitrogens with zero attached hydrogens (tertiary/aromatic N) is 2. The molecule has 0 bridgehead atoms. The van der Waals surface area contributed by atoms with Gasteiger partial charge in [-0.1, -0.05) is 48.7 Å². The van der Waals surface area contributed by atoms with E-state index in [1.807, 2.05) is 6.26 Å². The molecule has 1 N–H and O–H groups in total. The second-order valence-electron chi connectivity index (χ2n) is 3.35. The van der Waals surface area contributed by atoms with Gasteiger partial charge in [0.05, 0.1) is 0 Å². The second-order valence-corrected chi connectivity index (χ2v) is 6.72. The minimum Gasteiger partial charge on any atom is -0.315 e. The topological polar surface area (TPSA) is 37.8 Å². The molecular weight excluding hydrogens is 246 g/mol. The molecule has 0 saturated heterocycles. The average Bonchev–Trinajstić information content (AvgIpc) is 2.65. The van der Waals surface area contributed by atoms with Crippen LogP contribution in [0.4, 0.5) is 0 Å². The van der Waals surface area contributed by atoms with Crippen LogP contribution in [0.3, 0.4) is 0 Å². The molecule has 1 aromatic heterocycles. The third-order valence-electron chi connectivity index (χ3n) is 1.66. The fourth-order valence-electron chi connectivity index (χ4n) is 0.960. The van der Waals surface area contributed by atoms with Crippen molar-refractivity contribution in [2.45, 2.75) is 35.0 Å². The summed E-state index contributed by atoms with van der Waals surface area (Å²) >= 11 is 5.14. The number of aromatic nitrogens is 2. The van der Waals surface area contributed by atoms with E-state index < -0.39 is 0 Å². The molecule has 0 atom stereocenters. The van der Waals surface area contributed by atoms with Crippen molar-refractivity contribution in [1.82, 2.24) is 15.5 Å². The van der Waals surface area contributed by atoms with Gasteiger partial charge in [-0.3, -0.25) is 0 Å². The zero-order chi connectivity index (χ0) is 11.1. The van der Waals surface area contributed by atoms with Gasteiger partial charge in [-0.05, 0) is 19.2 Å². The Balaban J connectivity index is 2.09. The van der Waals surface area contributed by atoms with Crippen LogP contribution in [0, 0.1) is 0 Å². The summed E-state index contributed by atoms with van der Waals surface area (Å²) in [5.41, 5.74) is 0. The standard InChI is InChI=1S/C9H17N3S3/c1-7(2)10-5-4-6-14-9-12-11-8(13-3)15-9/h7,10H,4-6H2,1-3H3. The molecule has 0 spiro atoms. The summed E-state index contributed by atoms with van der Waals surface area (Å²) in [6, 6.07) is 0.583. The number of thioether (sulfide) groups is 2. The predicted octanol–water partition coefficient (Wildman–Crippen LogP) is 2.74. The lowest BCUT2D eigenvalue weighted by atomic mass is 10.4. The van der Waals surface area contributed by atoms with Gasteiger partial charge in [0.2, 0.25) is 0 Å². The first-order valence-corrected chi connectivity index (χ1v) is 7.98. The van der Waals surface area contributed by atoms with E-state index in [9.17, 15) is 0 Å². The zero-order valence-corrected chi connectivity index (χ0v) is 11.8. The third-order valence-corrected chi connectivity index (χ3v) is 4.78. The molecule has 0 aliphatic carbocycles. The first-order chi connectivity index (χ1) is 7.22. The van der Waals surface area contributed by atoms with E-state index in [0.717, 1.165) is 21.0 Å². The Morgan fingerprint density at radius 2 is 2.07 bits per heavy atom. The van der Waals surface area contributed by atoms with Gasteiger partial charge in [-0.2, -0.15) is 0 Å². The van der Waals surface area contributed by atoms with E-state index in [2.05, 4.69) is 29.4 Å². The Hall–Kier alpha value is 0.220. The molecule has 0 aliphatic heterocycles. The van der Waals surface area contributed by atoms with E-state index in [1.165, 1.54) is 6.42 Å². The van der Waals surface area contributed by atoms with Crippen molar-refractivity contribution in [2.24, 2.45) is 0 Å². The van der Waals surface area contributed by atoms with E-state index in [0.29, 0.717) is 6.04 Å². The van der Waals surface area contributed by atoms with Crippen molar-refractivity contribution in [3.63, 3.8) is 0 Å². The normalized spacial score (nSPS) is 11.2. The summed E-state index contributed by atoms with van der Waals surface area (Å²) in [5.74, 6) is 1.11. The summed E-state index contributed by atoms with van der Waals surface area (Å²) in [4.78, 5) is 0. The van der Waals surface area contributed by atoms with Crippen LogP contribution in [0.1, 0.15) is 20.3 Å². The lowest BCUT2D eigenvalue weighted by molar-refractivity contribution is 0.586. The van der Waals surface area contributed by atoms with Crippen molar-refractivity contribution >= 4 is 34.9 Å². The van der Waals surface area contributed by atoms with Crippen LogP contribution < -0.4 is 5.32 Å². The molecule has 1 rings (SSSR count). The molecule has 0 aliphatic rings. The zero-order valence-electron chi connectivity index (χ0n) is 9.32. The van der Waals surface area contributed by atoms with Crippen molar-refractivity contribution in [3.8, 4) is 0 Å². The van der Waals surface area contributed by atoms with Crippen molar-refractivity contribution in [3.05, 3.63) is 0 Å². The lowest BCUT2D eigenvalue weighted by Gasteiger charge is -2.06. The van der Waals surface area contributed by atoms with Crippen LogP contribution in [0.5, 0.6) is 0 Å². The Kier molecular flexibility index (Phi) is 6.63. The molecule has 1 aromatic rings. The molecule has 86 valence electrons. The van der Waals surface area contributed by atoms with Crippen LogP contribution in [-0.4, -0.2) is 34.8 Å². The molecule has 15 heavy (non-hydrogen) atoms. The monoisotopic (exact) mass is 263 g/mol. The Labute approximate surface area is 104 Å². The maximum Gasteiger partial charge on any atom is 0.175 e. The van der Waals surface area contributed by atoms with Gasteiger partial charge in [0.15, 0.2) is 8.68 Å². The van der Waals surface area contributed by atoms with E-state index in [1.54, 1.807) is 34.9 Å². The molecule has 0 fully saturated rings. The lowest BCUT2D eigenvalue weighted by Crippen LogP contribution is -2.23. The first-order valence-electron chi connectivity index (χ1n) is 4.96. The molecule has 0 aromatic carbocycles. The molecule has 3 nitrogen and oxygen atoms in total. The highest BCUT2D eigenvalue weighted by Crippen LogP contribution is 2.27. The highest BCUT2D eigenvalue weighted by Gasteiger charge is 2.02. The smallest absolute Gasteiger partial charge is 0.175 e. The molecule has 0 saturated carbocycles. The van der Waals surface area contributed by atoms with Gasteiger partial charge in [0.1, 0.15) is 0 Å². The molecule has 0 radical (unpaired) electrons. The largest absolute Gasteiger partial charge is 0.315 e. The van der Waals surface area contributed by atoms with Gasteiger partial charge >= 0.3 is 0 Å². The van der Waals surface area contributed by atoms with Crippen LogP contribution in [-0.2, 0) is 0 Å². The summed E-state index contributed by atoms with van der Waals surface area (Å²) in [7, 11) is 0. The van der Waals surface area contributed by atoms with E-state index in [-0.39, 0.29) is 0 Å². The number of hydrogen-bond acceptors (Lipinski definition) is 6. The summed E-state index contributed by atoms with van der Waals surface area (Å²) < 4.78 is 2.14. The fourth-order valence-corrected chi connectivity index (χ4v) is 3.41. The molecular formula is C9H17N3S3. The quantitative estimate of drug-likeness (QED) is 0.605. The van der Waals surface area contributed by atoms with Crippen LogP contribution in [0.15, 0.2) is 8.68 Å². The highest BCUT2D eigenvalue weighted by atomic mass is 32.2. The summed E-state index contributed by atoms with van der Waals surface area (Å²) in [6.45, 7) is 5.42. The first kappa shape index (κ1) is 13.3. The minimum absolute atomic E-state index is 0.583. The van der Waals surface area contributed by atoms with Crippen LogP contribution in [0.2, 0.25) is 0 Å². The highest BCUT2D eigenvalue weighted by molar-refractivity contribution is 8.02. The summed E-state index contributed by atoms with van der Waals surface area (Å²) in [5, 5.41) is 11.6. The van der Waals surface area contributed by atoms with Crippen molar-refractivity contribution < 1.29 is 0 Å². The number of rotatable bonds is 7. The predicted molar refractivity (Wildman–Crippen MR) is 70.2 cm³/mol. The van der Waals surface area contributed by atoms with E-state index in [4.69, 9.17) is 0 Å². The van der Waals surface area contributed by atoms with Crippen molar-refractivity contribution in [2.75, 3.05) is 18.6 Å². The molecule has 0 amide bonds. The fraction of sp³-hybridized carbons (Fsp3) is 0.778. The minimum atomic E-state index is 0.583. The number of hydrogen-bond donors (Lipinski definition) is 1. The second kappa shape index (κ2) is 7.49. The van der Waals surface area contributed by atoms with Crippen LogP contribution in [0.25, 0.3) is 0 Å². The van der Waals surface area contributed by atoms with Gasteiger partial charge in [-0.15, -0.1) is 10.2 Å².